The standard InChI is InChI=1S/C51H84N8O17/c1-38(2)45(56-42(60)16-23-70-27-29-72-31-33-74-35-36-75-34-32-73-30-28-71-26-22-59-43(61)14-15-44(59)62)47(64)55-41(9-8-17-53-49(52)66)46(63)54-40-12-10-39(11-13-40)37-76-50(67)58(21-25-69-7)19-18-57(20-24-68-6)48(65)51(3,4)5/h10-15,38,41,45H,8-9,16-37H2,1-7H3,(H,54,63)(H,55,64)(H,56,60)(H3,52,53,66)/t41-,45-/m0/s1. The Kier molecular flexibility index (Phi) is 33.8. The molecule has 0 saturated carbocycles. The monoisotopic (exact) mass is 1080 g/mol. The van der Waals surface area contributed by atoms with Gasteiger partial charge in [-0.2, -0.15) is 0 Å². The smallest absolute Gasteiger partial charge is 0.410 e. The maximum absolute atomic E-state index is 13.6. The molecule has 1 aromatic carbocycles. The number of nitrogens with two attached hydrogens (primary N) is 1. The zero-order valence-electron chi connectivity index (χ0n) is 45.5. The third kappa shape index (κ3) is 28.9. The minimum Gasteiger partial charge on any atom is -0.445 e. The molecule has 1 aromatic rings. The first kappa shape index (κ1) is 66.3. The van der Waals surface area contributed by atoms with Crippen molar-refractivity contribution in [3.8, 4) is 0 Å². The lowest BCUT2D eigenvalue weighted by molar-refractivity contribution is -0.140. The van der Waals surface area contributed by atoms with Crippen molar-refractivity contribution in [1.29, 1.82) is 0 Å². The van der Waals surface area contributed by atoms with Crippen molar-refractivity contribution in [2.45, 2.75) is 72.6 Å². The number of ether oxygens (including phenoxy) is 9. The van der Waals surface area contributed by atoms with Gasteiger partial charge in [0.1, 0.15) is 18.7 Å². The van der Waals surface area contributed by atoms with E-state index in [1.54, 1.807) is 50.1 Å². The van der Waals surface area contributed by atoms with E-state index in [0.717, 1.165) is 4.90 Å². The van der Waals surface area contributed by atoms with Crippen LogP contribution < -0.4 is 27.0 Å². The molecule has 1 aliphatic heterocycles. The second-order valence-corrected chi connectivity index (χ2v) is 18.6. The zero-order valence-corrected chi connectivity index (χ0v) is 45.5. The molecule has 25 heteroatoms. The molecule has 1 aliphatic rings. The van der Waals surface area contributed by atoms with E-state index >= 15 is 0 Å². The number of urea groups is 1. The third-order valence-corrected chi connectivity index (χ3v) is 11.1. The van der Waals surface area contributed by atoms with Crippen LogP contribution in [0.25, 0.3) is 0 Å². The van der Waals surface area contributed by atoms with E-state index in [0.29, 0.717) is 83.7 Å². The molecule has 6 N–H and O–H groups in total. The Morgan fingerprint density at radius 2 is 1.14 bits per heavy atom. The van der Waals surface area contributed by atoms with E-state index < -0.39 is 47.3 Å². The Balaban J connectivity index is 1.73. The Hall–Kier alpha value is -5.80. The van der Waals surface area contributed by atoms with Crippen molar-refractivity contribution < 1.29 is 81.0 Å². The number of rotatable bonds is 42. The van der Waals surface area contributed by atoms with Gasteiger partial charge in [-0.15, -0.1) is 0 Å². The molecule has 25 nitrogen and oxygen atoms in total. The van der Waals surface area contributed by atoms with Gasteiger partial charge in [-0.3, -0.25) is 33.7 Å². The highest BCUT2D eigenvalue weighted by Crippen LogP contribution is 2.18. The van der Waals surface area contributed by atoms with Gasteiger partial charge in [-0.05, 0) is 36.5 Å². The van der Waals surface area contributed by atoms with E-state index in [1.807, 2.05) is 20.8 Å². The Morgan fingerprint density at radius 1 is 0.645 bits per heavy atom. The average molecular weight is 1080 g/mol. The van der Waals surface area contributed by atoms with Crippen LogP contribution in [0.3, 0.4) is 0 Å². The van der Waals surface area contributed by atoms with Gasteiger partial charge in [-0.25, -0.2) is 9.59 Å². The summed E-state index contributed by atoms with van der Waals surface area (Å²) in [5.41, 5.74) is 5.62. The highest BCUT2D eigenvalue weighted by Gasteiger charge is 2.30. The van der Waals surface area contributed by atoms with Crippen LogP contribution in [0.15, 0.2) is 36.4 Å². The molecule has 76 heavy (non-hydrogen) atoms. The summed E-state index contributed by atoms with van der Waals surface area (Å²) in [5.74, 6) is -2.65. The maximum atomic E-state index is 13.6. The highest BCUT2D eigenvalue weighted by atomic mass is 16.6. The van der Waals surface area contributed by atoms with E-state index in [9.17, 15) is 38.4 Å². The lowest BCUT2D eigenvalue weighted by Crippen LogP contribution is -2.54. The number of methoxy groups -OCH3 is 2. The van der Waals surface area contributed by atoms with Gasteiger partial charge in [-0.1, -0.05) is 46.8 Å². The van der Waals surface area contributed by atoms with Crippen molar-refractivity contribution in [3.63, 3.8) is 0 Å². The highest BCUT2D eigenvalue weighted by molar-refractivity contribution is 6.12. The molecule has 2 rings (SSSR count). The van der Waals surface area contributed by atoms with Gasteiger partial charge in [0.05, 0.1) is 99.0 Å². The van der Waals surface area contributed by atoms with Crippen LogP contribution in [0.4, 0.5) is 15.3 Å². The molecular formula is C51H84N8O17. The van der Waals surface area contributed by atoms with E-state index in [4.69, 9.17) is 48.4 Å². The number of nitrogens with one attached hydrogen (secondary N) is 4. The lowest BCUT2D eigenvalue weighted by Gasteiger charge is -2.31. The molecule has 430 valence electrons. The van der Waals surface area contributed by atoms with E-state index in [2.05, 4.69) is 21.3 Å². The number of amides is 9. The van der Waals surface area contributed by atoms with Gasteiger partial charge in [0, 0.05) is 76.6 Å². The summed E-state index contributed by atoms with van der Waals surface area (Å²) in [6, 6.07) is 3.82. The average Bonchev–Trinajstić information content (AvgIpc) is 3.70. The van der Waals surface area contributed by atoms with Crippen molar-refractivity contribution in [3.05, 3.63) is 42.0 Å². The Bertz CT molecular complexity index is 1920. The molecule has 9 amide bonds. The van der Waals surface area contributed by atoms with Crippen molar-refractivity contribution in [2.24, 2.45) is 17.1 Å². The molecule has 0 aliphatic carbocycles. The second-order valence-electron chi connectivity index (χ2n) is 18.6. The fraction of sp³-hybridized carbons (Fsp3) is 0.686. The second kappa shape index (κ2) is 38.7. The van der Waals surface area contributed by atoms with E-state index in [1.165, 1.54) is 24.2 Å². The molecule has 0 bridgehead atoms. The molecular weight excluding hydrogens is 997 g/mol. The fourth-order valence-electron chi connectivity index (χ4n) is 6.88. The largest absolute Gasteiger partial charge is 0.445 e. The molecule has 0 radical (unpaired) electrons. The normalized spacial score (nSPS) is 13.1. The molecule has 0 unspecified atom stereocenters. The van der Waals surface area contributed by atoms with Crippen LogP contribution in [0, 0.1) is 11.3 Å². The first-order valence-corrected chi connectivity index (χ1v) is 25.6. The van der Waals surface area contributed by atoms with Gasteiger partial charge in [0.2, 0.25) is 23.6 Å². The van der Waals surface area contributed by atoms with Gasteiger partial charge >= 0.3 is 12.1 Å². The van der Waals surface area contributed by atoms with Crippen LogP contribution in [0.2, 0.25) is 0 Å². The van der Waals surface area contributed by atoms with E-state index in [-0.39, 0.29) is 109 Å². The van der Waals surface area contributed by atoms with Gasteiger partial charge in [0.15, 0.2) is 0 Å². The molecule has 0 saturated heterocycles. The van der Waals surface area contributed by atoms with Crippen LogP contribution in [0.5, 0.6) is 0 Å². The molecule has 0 fully saturated rings. The SMILES string of the molecule is COCCN(CCN(CCOC)C(=O)C(C)(C)C)C(=O)OCc1ccc(NC(=O)[C@H](CCCNC(N)=O)NC(=O)[C@@H](NC(=O)CCOCCOCCOCCOCCOCCOCCN2C(=O)C=CC2=O)C(C)C)cc1. The number of anilines is 1. The summed E-state index contributed by atoms with van der Waals surface area (Å²) in [4.78, 5) is 105. The number of benzene rings is 1. The third-order valence-electron chi connectivity index (χ3n) is 11.1. The number of hydrogen-bond donors (Lipinski definition) is 5. The van der Waals surface area contributed by atoms with Gasteiger partial charge in [0.25, 0.3) is 11.8 Å². The van der Waals surface area contributed by atoms with Crippen LogP contribution in [-0.4, -0.2) is 220 Å². The van der Waals surface area contributed by atoms with Crippen LogP contribution >= 0.6 is 0 Å². The zero-order chi connectivity index (χ0) is 56.1. The number of hydrogen-bond acceptors (Lipinski definition) is 17. The van der Waals surface area contributed by atoms with Crippen LogP contribution in [0.1, 0.15) is 59.4 Å². The van der Waals surface area contributed by atoms with Crippen molar-refractivity contribution in [1.82, 2.24) is 30.7 Å². The summed E-state index contributed by atoms with van der Waals surface area (Å²) in [5, 5.41) is 10.8. The van der Waals surface area contributed by atoms with Crippen molar-refractivity contribution >= 4 is 53.3 Å². The summed E-state index contributed by atoms with van der Waals surface area (Å²) >= 11 is 0. The topological polar surface area (TPSA) is 303 Å². The lowest BCUT2D eigenvalue weighted by atomic mass is 9.94. The number of imide groups is 1. The predicted octanol–water partition coefficient (Wildman–Crippen LogP) is 1.22. The molecule has 0 spiro atoms. The Labute approximate surface area is 446 Å². The first-order chi connectivity index (χ1) is 36.4. The predicted molar refractivity (Wildman–Crippen MR) is 278 cm³/mol. The minimum atomic E-state index is -1.06. The Morgan fingerprint density at radius 3 is 1.64 bits per heavy atom. The number of carbonyl (C=O) groups excluding carboxylic acids is 8. The quantitative estimate of drug-likeness (QED) is 0.0454. The maximum Gasteiger partial charge on any atom is 0.410 e. The van der Waals surface area contributed by atoms with Crippen LogP contribution in [-0.2, 0) is 78.0 Å². The van der Waals surface area contributed by atoms with Crippen molar-refractivity contribution in [2.75, 3.05) is 151 Å². The number of carbonyl (C=O) groups is 8. The summed E-state index contributed by atoms with van der Waals surface area (Å²) in [7, 11) is 3.08. The number of nitrogens with zero attached hydrogens (tertiary/aromatic N) is 3. The first-order valence-electron chi connectivity index (χ1n) is 25.6. The summed E-state index contributed by atoms with van der Waals surface area (Å²) < 4.78 is 48.8. The molecule has 2 atom stereocenters. The minimum absolute atomic E-state index is 0.0282. The number of primary amides is 1. The molecule has 0 aromatic heterocycles. The fourth-order valence-corrected chi connectivity index (χ4v) is 6.88. The summed E-state index contributed by atoms with van der Waals surface area (Å²) in [6.45, 7) is 14.6. The summed E-state index contributed by atoms with van der Waals surface area (Å²) in [6.07, 6.45) is 2.26. The van der Waals surface area contributed by atoms with Gasteiger partial charge < -0.3 is 79.4 Å². The molecule has 1 heterocycles.